The van der Waals surface area contributed by atoms with Gasteiger partial charge in [0.15, 0.2) is 23.6 Å². The van der Waals surface area contributed by atoms with Crippen LogP contribution in [0.25, 0.3) is 0 Å². The summed E-state index contributed by atoms with van der Waals surface area (Å²) in [5, 5.41) is 28.8. The highest BCUT2D eigenvalue weighted by Gasteiger charge is 2.78. The number of ether oxygens (including phenoxy) is 6. The van der Waals surface area contributed by atoms with Gasteiger partial charge in [-0.05, 0) is 54.8 Å². The van der Waals surface area contributed by atoms with Crippen molar-refractivity contribution in [3.8, 4) is 0 Å². The molecule has 2 unspecified atom stereocenters. The molecule has 11 atom stereocenters. The van der Waals surface area contributed by atoms with Crippen molar-refractivity contribution in [2.24, 2.45) is 16.7 Å². The van der Waals surface area contributed by atoms with E-state index in [1.165, 1.54) is 33.1 Å². The van der Waals surface area contributed by atoms with Gasteiger partial charge in [0.2, 0.25) is 0 Å². The van der Waals surface area contributed by atoms with Crippen LogP contribution >= 0.6 is 0 Å². The highest BCUT2D eigenvalue weighted by Crippen LogP contribution is 2.64. The first-order chi connectivity index (χ1) is 29.8. The molecule has 1 amide bonds. The van der Waals surface area contributed by atoms with E-state index in [-0.39, 0.29) is 29.7 Å². The van der Waals surface area contributed by atoms with Gasteiger partial charge in [0, 0.05) is 44.8 Å². The van der Waals surface area contributed by atoms with Gasteiger partial charge < -0.3 is 44.0 Å². The number of hydrogen-bond acceptors (Lipinski definition) is 14. The fourth-order valence-electron chi connectivity index (χ4n) is 10.4. The van der Waals surface area contributed by atoms with Crippen LogP contribution in [0.1, 0.15) is 86.7 Å². The minimum absolute atomic E-state index is 0.0429. The van der Waals surface area contributed by atoms with Crippen molar-refractivity contribution in [3.63, 3.8) is 0 Å². The maximum atomic E-state index is 15.6. The van der Waals surface area contributed by atoms with Crippen molar-refractivity contribution in [2.45, 2.75) is 108 Å². The second-order valence-electron chi connectivity index (χ2n) is 17.6. The molecule has 1 heterocycles. The van der Waals surface area contributed by atoms with E-state index >= 15 is 4.79 Å². The Morgan fingerprint density at radius 1 is 0.825 bits per heavy atom. The summed E-state index contributed by atoms with van der Waals surface area (Å²) in [6, 6.07) is 23.9. The number of aliphatic hydroxyl groups is 2. The van der Waals surface area contributed by atoms with Gasteiger partial charge in [0.1, 0.15) is 23.9 Å². The molecule has 2 saturated carbocycles. The van der Waals surface area contributed by atoms with Crippen LogP contribution in [0, 0.1) is 16.7 Å². The van der Waals surface area contributed by atoms with E-state index in [1.807, 2.05) is 0 Å². The fourth-order valence-corrected chi connectivity index (χ4v) is 10.4. The normalized spacial score (nSPS) is 31.5. The summed E-state index contributed by atoms with van der Waals surface area (Å²) in [5.41, 5.74) is -6.58. The number of Topliss-reactive ketones (excluding diaryl/α,β-unsaturated/α-hetero) is 1. The van der Waals surface area contributed by atoms with Crippen LogP contribution in [0.5, 0.6) is 0 Å². The number of rotatable bonds is 11. The summed E-state index contributed by atoms with van der Waals surface area (Å²) < 4.78 is 36.4. The summed E-state index contributed by atoms with van der Waals surface area (Å²) in [6.45, 7) is 8.16. The number of ketones is 1. The Balaban J connectivity index is 1.40. The Kier molecular flexibility index (Phi) is 12.3. The van der Waals surface area contributed by atoms with Crippen LogP contribution in [-0.2, 0) is 47.6 Å². The molecule has 3 aromatic rings. The molecule has 63 heavy (non-hydrogen) atoms. The summed E-state index contributed by atoms with van der Waals surface area (Å²) in [5.74, 6) is -6.38. The monoisotopic (exact) mass is 867 g/mol. The smallest absolute Gasteiger partial charge is 0.338 e. The highest BCUT2D eigenvalue weighted by atomic mass is 16.6. The van der Waals surface area contributed by atoms with Crippen LogP contribution in [0.2, 0.25) is 0 Å². The standard InChI is InChI=1S/C48H53NO14/c1-26-32(61-44(56)38(58-7)36(29-17-11-8-12-18-29)49-42(54)30-19-13-9-14-20-30)24-48(57)41(62-43(55)31-21-15-10-16-22-31)39-46(6,33(52)23-34-47(39,25-59-34)63-28(3)51)40(53)37(60-27(2)50)35(26)45(48,4)5/h8-22,32-34,36-39,41,52,57H,23-25H2,1-7H3,(H,49,54)/t32-,33-,34+,36-,37+,38+,39?,41?,46+,47-,48+/m0/s1. The van der Waals surface area contributed by atoms with Gasteiger partial charge in [0.25, 0.3) is 5.91 Å². The summed E-state index contributed by atoms with van der Waals surface area (Å²) in [6.07, 6.45) is -9.71. The number of carbonyl (C=O) groups excluding carboxylic acids is 6. The topological polar surface area (TPSA) is 210 Å². The number of fused-ring (bicyclic) bond motifs is 5. The van der Waals surface area contributed by atoms with E-state index < -0.39 is 113 Å². The molecule has 2 bridgehead atoms. The van der Waals surface area contributed by atoms with Crippen molar-refractivity contribution in [1.82, 2.24) is 5.32 Å². The first-order valence-electron chi connectivity index (χ1n) is 20.9. The number of hydrogen-bond donors (Lipinski definition) is 3. The van der Waals surface area contributed by atoms with Gasteiger partial charge in [-0.25, -0.2) is 9.59 Å². The van der Waals surface area contributed by atoms with Crippen LogP contribution in [-0.4, -0.2) is 107 Å². The van der Waals surface area contributed by atoms with Crippen LogP contribution in [0.4, 0.5) is 0 Å². The SMILES string of the molecule is CO[C@@H](C(=O)O[C@H]1C[C@@]2(O)C(OC(=O)c3ccccc3)C3[C@](C)(C(=O)[C@H](OC(C)=O)C(=C1C)C2(C)C)[C@@H](O)C[C@H]1OC[C@@]31OC(C)=O)[C@@H](NC(=O)c1ccccc1)c1ccccc1. The quantitative estimate of drug-likeness (QED) is 0.139. The van der Waals surface area contributed by atoms with Gasteiger partial charge in [-0.2, -0.15) is 0 Å². The Morgan fingerprint density at radius 3 is 1.95 bits per heavy atom. The summed E-state index contributed by atoms with van der Waals surface area (Å²) in [7, 11) is 1.28. The van der Waals surface area contributed by atoms with Crippen LogP contribution in [0.15, 0.2) is 102 Å². The average molecular weight is 868 g/mol. The minimum Gasteiger partial charge on any atom is -0.456 e. The van der Waals surface area contributed by atoms with Crippen molar-refractivity contribution < 1.29 is 67.4 Å². The molecular weight excluding hydrogens is 815 g/mol. The predicted molar refractivity (Wildman–Crippen MR) is 222 cm³/mol. The first kappa shape index (κ1) is 45.3. The molecule has 3 aromatic carbocycles. The molecule has 1 saturated heterocycles. The molecule has 3 N–H and O–H groups in total. The van der Waals surface area contributed by atoms with Crippen molar-refractivity contribution in [2.75, 3.05) is 13.7 Å². The third kappa shape index (κ3) is 7.64. The van der Waals surface area contributed by atoms with E-state index in [0.717, 1.165) is 6.92 Å². The van der Waals surface area contributed by atoms with E-state index in [0.29, 0.717) is 11.1 Å². The lowest BCUT2D eigenvalue weighted by Gasteiger charge is -2.67. The molecule has 334 valence electrons. The van der Waals surface area contributed by atoms with E-state index in [1.54, 1.807) is 99.6 Å². The number of benzene rings is 3. The lowest BCUT2D eigenvalue weighted by molar-refractivity contribution is -0.346. The number of aliphatic hydroxyl groups excluding tert-OH is 1. The second-order valence-corrected chi connectivity index (χ2v) is 17.6. The zero-order chi connectivity index (χ0) is 45.6. The fraction of sp³-hybridized carbons (Fsp3) is 0.458. The van der Waals surface area contributed by atoms with Gasteiger partial charge in [0.05, 0.1) is 35.6 Å². The molecule has 0 radical (unpaired) electrons. The zero-order valence-corrected chi connectivity index (χ0v) is 36.2. The Bertz CT molecular complexity index is 2300. The van der Waals surface area contributed by atoms with Gasteiger partial charge >= 0.3 is 23.9 Å². The van der Waals surface area contributed by atoms with Crippen molar-refractivity contribution in [1.29, 1.82) is 0 Å². The molecule has 4 aliphatic rings. The van der Waals surface area contributed by atoms with Crippen molar-refractivity contribution >= 4 is 35.6 Å². The predicted octanol–water partition coefficient (Wildman–Crippen LogP) is 4.39. The Labute approximate surface area is 365 Å². The minimum atomic E-state index is -2.35. The lowest BCUT2D eigenvalue weighted by Crippen LogP contribution is -2.82. The number of methoxy groups -OCH3 is 1. The maximum absolute atomic E-state index is 15.6. The molecule has 0 aromatic heterocycles. The van der Waals surface area contributed by atoms with E-state index in [4.69, 9.17) is 28.4 Å². The molecule has 1 aliphatic heterocycles. The van der Waals surface area contributed by atoms with Gasteiger partial charge in [-0.3, -0.25) is 19.2 Å². The second kappa shape index (κ2) is 17.1. The molecule has 15 nitrogen and oxygen atoms in total. The largest absolute Gasteiger partial charge is 0.456 e. The average Bonchev–Trinajstić information content (AvgIpc) is 3.25. The third-order valence-corrected chi connectivity index (χ3v) is 13.7. The number of nitrogens with one attached hydrogen (secondary N) is 1. The number of carbonyl (C=O) groups is 6. The number of amides is 1. The van der Waals surface area contributed by atoms with Gasteiger partial charge in [-0.15, -0.1) is 0 Å². The molecule has 3 fully saturated rings. The van der Waals surface area contributed by atoms with Crippen LogP contribution < -0.4 is 5.32 Å². The zero-order valence-electron chi connectivity index (χ0n) is 36.2. The molecular formula is C48H53NO14. The lowest BCUT2D eigenvalue weighted by atomic mass is 9.44. The number of esters is 4. The van der Waals surface area contributed by atoms with Crippen molar-refractivity contribution in [3.05, 3.63) is 119 Å². The molecule has 15 heteroatoms. The summed E-state index contributed by atoms with van der Waals surface area (Å²) in [4.78, 5) is 84.2. The third-order valence-electron chi connectivity index (χ3n) is 13.7. The summed E-state index contributed by atoms with van der Waals surface area (Å²) >= 11 is 0. The Morgan fingerprint density at radius 2 is 1.41 bits per heavy atom. The van der Waals surface area contributed by atoms with Gasteiger partial charge in [-0.1, -0.05) is 80.6 Å². The molecule has 7 rings (SSSR count). The Hall–Kier alpha value is -5.74. The van der Waals surface area contributed by atoms with Crippen LogP contribution in [0.3, 0.4) is 0 Å². The highest BCUT2D eigenvalue weighted by molar-refractivity contribution is 5.96. The van der Waals surface area contributed by atoms with E-state index in [2.05, 4.69) is 5.32 Å². The maximum Gasteiger partial charge on any atom is 0.338 e. The molecule has 0 spiro atoms. The first-order valence-corrected chi connectivity index (χ1v) is 20.9. The van der Waals surface area contributed by atoms with E-state index in [9.17, 15) is 34.2 Å². The molecule has 3 aliphatic carbocycles.